The van der Waals surface area contributed by atoms with E-state index in [9.17, 15) is 60.6 Å². The number of aromatic hydroxyl groups is 1. The zero-order valence-electron chi connectivity index (χ0n) is 51.9. The summed E-state index contributed by atoms with van der Waals surface area (Å²) in [6.07, 6.45) is 4.95. The molecule has 3 fully saturated rings. The van der Waals surface area contributed by atoms with Gasteiger partial charge >= 0.3 is 0 Å². The summed E-state index contributed by atoms with van der Waals surface area (Å²) in [5.74, 6) is -3.65. The lowest BCUT2D eigenvalue weighted by molar-refractivity contribution is -0.143. The van der Waals surface area contributed by atoms with Crippen molar-refractivity contribution in [2.75, 3.05) is 39.4 Å². The van der Waals surface area contributed by atoms with E-state index < -0.39 is 110 Å². The number of benzene rings is 5. The molecule has 0 unspecified atom stereocenters. The topological polar surface area (TPSA) is 397 Å². The molecule has 3 saturated heterocycles. The fraction of sp³-hybridized carbons (Fsp3) is 0.431. The normalized spacial score (nSPS) is 21.1. The first-order valence-corrected chi connectivity index (χ1v) is 33.5. The molecule has 7 amide bonds. The van der Waals surface area contributed by atoms with Crippen LogP contribution in [0.1, 0.15) is 105 Å². The Balaban J connectivity index is 0.000000510. The van der Waals surface area contributed by atoms with Gasteiger partial charge in [0, 0.05) is 31.2 Å². The predicted octanol–water partition coefficient (Wildman–Crippen LogP) is 3.86. The number of ether oxygens (including phenoxy) is 1. The molecule has 13 N–H and O–H groups in total. The number of nitrogens with zero attached hydrogens (tertiary/aromatic N) is 2. The molecule has 3 aliphatic rings. The van der Waals surface area contributed by atoms with E-state index in [0.717, 1.165) is 52.8 Å². The van der Waals surface area contributed by atoms with Crippen LogP contribution in [0.2, 0.25) is 0 Å². The number of hydrogen-bond donors (Lipinski definition) is 11. The number of phenolic OH excluding ortho intramolecular Hbond substituents is 1. The molecular formula is C65H85N9O16S2. The summed E-state index contributed by atoms with van der Waals surface area (Å²) in [7, 11) is -8.04. The van der Waals surface area contributed by atoms with Crippen LogP contribution in [0.5, 0.6) is 11.5 Å². The number of hydrogen-bond acceptors (Lipinski definition) is 16. The zero-order chi connectivity index (χ0) is 67.1. The van der Waals surface area contributed by atoms with Crippen molar-refractivity contribution in [3.05, 3.63) is 144 Å². The van der Waals surface area contributed by atoms with Gasteiger partial charge in [-0.2, -0.15) is 16.8 Å². The van der Waals surface area contributed by atoms with Crippen LogP contribution in [0.3, 0.4) is 0 Å². The molecule has 0 aliphatic carbocycles. The van der Waals surface area contributed by atoms with Crippen LogP contribution in [0.15, 0.2) is 131 Å². The van der Waals surface area contributed by atoms with Crippen LogP contribution in [0.4, 0.5) is 0 Å². The van der Waals surface area contributed by atoms with Gasteiger partial charge in [-0.3, -0.25) is 42.7 Å². The fourth-order valence-corrected chi connectivity index (χ4v) is 11.5. The molecule has 3 aliphatic heterocycles. The highest BCUT2D eigenvalue weighted by atomic mass is 32.2. The number of unbranched alkanes of at least 4 members (excludes halogenated alkanes) is 2. The Morgan fingerprint density at radius 1 is 0.641 bits per heavy atom. The molecule has 0 radical (unpaired) electrons. The summed E-state index contributed by atoms with van der Waals surface area (Å²) >= 11 is 0. The third-order valence-electron chi connectivity index (χ3n) is 15.7. The summed E-state index contributed by atoms with van der Waals surface area (Å²) in [6.45, 7) is 6.04. The number of rotatable bonds is 17. The summed E-state index contributed by atoms with van der Waals surface area (Å²) < 4.78 is 64.9. The number of amides is 7. The van der Waals surface area contributed by atoms with Crippen LogP contribution >= 0.6 is 0 Å². The Hall–Kier alpha value is -8.31. The minimum atomic E-state index is -4.02. The number of nitrogens with one attached hydrogen (secondary N) is 5. The van der Waals surface area contributed by atoms with Gasteiger partial charge in [-0.25, -0.2) is 0 Å². The van der Waals surface area contributed by atoms with Crippen molar-refractivity contribution in [3.63, 3.8) is 0 Å². The SMILES string of the molecule is CCCCCOc1ccc(-c2ccc(C(=O)N[C@H]3CCCNC(=O)[C@@H]4C[C@H](N)CN4C(=O)[C@H](CCCN)NC(=O)[C@H](CCc4ccc(O)cc4)NC(=O)[C@@H]4CCCN4C(=O)[C@H](CO)NC3=O)cc2)cc1.Cc1ccc(S(=O)(=O)O)cc1.Cc1ccc(S(=O)(=O)O)cc1. The quantitative estimate of drug-likeness (QED) is 0.0465. The van der Waals surface area contributed by atoms with Gasteiger partial charge in [-0.1, -0.05) is 91.6 Å². The number of phenols is 1. The van der Waals surface area contributed by atoms with E-state index in [-0.39, 0.29) is 92.2 Å². The van der Waals surface area contributed by atoms with E-state index in [1.165, 1.54) is 46.2 Å². The minimum Gasteiger partial charge on any atom is -0.508 e. The first-order chi connectivity index (χ1) is 43.8. The molecule has 3 heterocycles. The standard InChI is InChI=1S/C51H69N9O10.2C7H8O3S/c1-2-3-4-28-70-38-22-18-34(19-23-38)33-14-16-35(17-15-33)45(63)55-39-9-6-26-54-48(66)44-29-36(53)30-60(44)50(68)41(8-5-25-52)57-47(65)40(24-13-32-11-20-37(62)21-12-32)56-49(67)43-10-7-27-59(43)51(69)42(31-61)58-46(39)64;2*1-6-2-4-7(5-3-6)11(8,9)10/h11-12,14-23,36,39-44,61-62H,2-10,13,24-31,52-53H2,1H3,(H,54,66)(H,55,63)(H,56,67)(H,57,65)(H,58,64);2*2-5H,1H3,(H,8,9,10)/t36-,39-,40-,41-,42-,43-,44-;;/m0../s1. The summed E-state index contributed by atoms with van der Waals surface area (Å²) in [5, 5.41) is 34.2. The largest absolute Gasteiger partial charge is 0.508 e. The van der Waals surface area contributed by atoms with Gasteiger partial charge in [0.15, 0.2) is 0 Å². The van der Waals surface area contributed by atoms with E-state index in [2.05, 4.69) is 33.5 Å². The molecule has 0 spiro atoms. The van der Waals surface area contributed by atoms with Crippen molar-refractivity contribution < 1.29 is 74.5 Å². The Labute approximate surface area is 536 Å². The number of fused-ring (bicyclic) bond motifs is 2. The molecule has 5 aromatic rings. The zero-order valence-corrected chi connectivity index (χ0v) is 53.5. The number of aryl methyl sites for hydroxylation is 3. The lowest BCUT2D eigenvalue weighted by Crippen LogP contribution is -2.59. The number of nitrogens with two attached hydrogens (primary N) is 2. The molecule has 27 heteroatoms. The Morgan fingerprint density at radius 3 is 1.77 bits per heavy atom. The maximum Gasteiger partial charge on any atom is 0.294 e. The van der Waals surface area contributed by atoms with E-state index in [1.54, 1.807) is 60.7 Å². The molecule has 0 saturated carbocycles. The maximum atomic E-state index is 14.3. The van der Waals surface area contributed by atoms with Crippen LogP contribution in [0, 0.1) is 13.8 Å². The van der Waals surface area contributed by atoms with Gasteiger partial charge in [-0.15, -0.1) is 0 Å². The average Bonchev–Trinajstić information content (AvgIpc) is 1.64. The highest BCUT2D eigenvalue weighted by molar-refractivity contribution is 7.86. The molecule has 25 nitrogen and oxygen atoms in total. The maximum absolute atomic E-state index is 14.3. The van der Waals surface area contributed by atoms with Gasteiger partial charge in [0.1, 0.15) is 47.8 Å². The number of aliphatic hydroxyl groups is 1. The first-order valence-electron chi connectivity index (χ1n) is 30.7. The van der Waals surface area contributed by atoms with Gasteiger partial charge in [0.05, 0.1) is 23.0 Å². The summed E-state index contributed by atoms with van der Waals surface area (Å²) in [4.78, 5) is 101. The Bertz CT molecular complexity index is 3440. The van der Waals surface area contributed by atoms with Crippen molar-refractivity contribution >= 4 is 61.6 Å². The minimum absolute atomic E-state index is 0.00453. The lowest BCUT2D eigenvalue weighted by Gasteiger charge is -2.31. The van der Waals surface area contributed by atoms with Gasteiger partial charge in [0.25, 0.3) is 26.1 Å². The number of carbonyl (C=O) groups is 7. The smallest absolute Gasteiger partial charge is 0.294 e. The first kappa shape index (κ1) is 72.7. The highest BCUT2D eigenvalue weighted by Gasteiger charge is 2.43. The van der Waals surface area contributed by atoms with Crippen LogP contribution in [0.25, 0.3) is 11.1 Å². The molecule has 7 atom stereocenters. The van der Waals surface area contributed by atoms with E-state index in [0.29, 0.717) is 19.4 Å². The van der Waals surface area contributed by atoms with Gasteiger partial charge in [-0.05, 0) is 162 Å². The monoisotopic (exact) mass is 1310 g/mol. The van der Waals surface area contributed by atoms with Crippen LogP contribution in [-0.4, -0.2) is 169 Å². The molecular weight excluding hydrogens is 1230 g/mol. The van der Waals surface area contributed by atoms with Crippen LogP contribution in [-0.2, 0) is 55.4 Å². The highest BCUT2D eigenvalue weighted by Crippen LogP contribution is 2.25. The van der Waals surface area contributed by atoms with E-state index in [4.69, 9.17) is 25.3 Å². The molecule has 92 heavy (non-hydrogen) atoms. The van der Waals surface area contributed by atoms with Gasteiger partial charge in [0.2, 0.25) is 35.4 Å². The Kier molecular flexibility index (Phi) is 27.6. The third-order valence-corrected chi connectivity index (χ3v) is 17.5. The predicted molar refractivity (Wildman–Crippen MR) is 343 cm³/mol. The molecule has 0 aromatic heterocycles. The van der Waals surface area contributed by atoms with Crippen molar-refractivity contribution in [1.29, 1.82) is 0 Å². The van der Waals surface area contributed by atoms with Crippen LogP contribution < -0.4 is 42.8 Å². The Morgan fingerprint density at radius 2 is 1.21 bits per heavy atom. The van der Waals surface area contributed by atoms with Crippen molar-refractivity contribution in [1.82, 2.24) is 36.4 Å². The van der Waals surface area contributed by atoms with Crippen molar-refractivity contribution in [2.45, 2.75) is 150 Å². The average molecular weight is 1310 g/mol. The number of carbonyl (C=O) groups excluding carboxylic acids is 7. The molecule has 0 bridgehead atoms. The second-order valence-corrected chi connectivity index (χ2v) is 25.7. The fourth-order valence-electron chi connectivity index (χ4n) is 10.5. The van der Waals surface area contributed by atoms with E-state index >= 15 is 0 Å². The molecule has 5 aromatic carbocycles. The summed E-state index contributed by atoms with van der Waals surface area (Å²) in [5.41, 5.74) is 16.9. The second kappa shape index (κ2) is 34.9. The van der Waals surface area contributed by atoms with E-state index in [1.807, 2.05) is 38.1 Å². The second-order valence-electron chi connectivity index (χ2n) is 22.9. The molecule has 8 rings (SSSR count). The lowest BCUT2D eigenvalue weighted by atomic mass is 10.0. The van der Waals surface area contributed by atoms with Crippen molar-refractivity contribution in [2.24, 2.45) is 11.5 Å². The summed E-state index contributed by atoms with van der Waals surface area (Å²) in [6, 6.07) is 25.2. The number of aliphatic hydroxyl groups excluding tert-OH is 1. The van der Waals surface area contributed by atoms with Gasteiger partial charge < -0.3 is 62.8 Å². The van der Waals surface area contributed by atoms with Crippen molar-refractivity contribution in [3.8, 4) is 22.6 Å². The molecule has 498 valence electrons. The third kappa shape index (κ3) is 21.9.